The van der Waals surface area contributed by atoms with E-state index >= 15 is 0 Å². The van der Waals surface area contributed by atoms with Gasteiger partial charge in [-0.3, -0.25) is 9.59 Å². The predicted octanol–water partition coefficient (Wildman–Crippen LogP) is 4.71. The van der Waals surface area contributed by atoms with Crippen LogP contribution in [0.4, 0.5) is 11.4 Å². The average molecular weight is 451 g/mol. The third kappa shape index (κ3) is 4.15. The van der Waals surface area contributed by atoms with E-state index in [1.807, 2.05) is 56.3 Å². The first-order valence-electron chi connectivity index (χ1n) is 11.3. The Morgan fingerprint density at radius 3 is 2.55 bits per heavy atom. The number of allylic oxidation sites excluding steroid dienone is 1. The molecule has 1 heterocycles. The van der Waals surface area contributed by atoms with E-state index in [9.17, 15) is 9.59 Å². The summed E-state index contributed by atoms with van der Waals surface area (Å²) >= 11 is 0. The number of carbonyl (C=O) groups is 2. The highest BCUT2D eigenvalue weighted by Gasteiger charge is 2.45. The molecule has 0 unspecified atom stereocenters. The molecule has 0 amide bonds. The van der Waals surface area contributed by atoms with Crippen molar-refractivity contribution in [3.63, 3.8) is 0 Å². The Balaban J connectivity index is 1.91. The lowest BCUT2D eigenvalue weighted by molar-refractivity contribution is -0.151. The van der Waals surface area contributed by atoms with E-state index in [0.29, 0.717) is 30.1 Å². The van der Waals surface area contributed by atoms with Gasteiger partial charge in [0.1, 0.15) is 5.92 Å². The summed E-state index contributed by atoms with van der Waals surface area (Å²) < 4.78 is 16.7. The number of rotatable bonds is 6. The summed E-state index contributed by atoms with van der Waals surface area (Å²) in [4.78, 5) is 26.4. The molecular weight excluding hydrogens is 420 g/mol. The zero-order chi connectivity index (χ0) is 23.5. The molecule has 2 aliphatic rings. The summed E-state index contributed by atoms with van der Waals surface area (Å²) in [6, 6.07) is 12.9. The second-order valence-electron chi connectivity index (χ2n) is 8.41. The van der Waals surface area contributed by atoms with Gasteiger partial charge in [0.15, 0.2) is 17.3 Å². The van der Waals surface area contributed by atoms with Crippen molar-refractivity contribution in [2.75, 3.05) is 31.5 Å². The van der Waals surface area contributed by atoms with Gasteiger partial charge in [0.05, 0.1) is 38.2 Å². The maximum absolute atomic E-state index is 13.8. The molecule has 3 atom stereocenters. The van der Waals surface area contributed by atoms with Crippen molar-refractivity contribution in [2.45, 2.75) is 32.7 Å². The summed E-state index contributed by atoms with van der Waals surface area (Å²) in [5.41, 5.74) is 3.84. The van der Waals surface area contributed by atoms with Gasteiger partial charge in [-0.25, -0.2) is 0 Å². The lowest BCUT2D eigenvalue weighted by atomic mass is 9.74. The van der Waals surface area contributed by atoms with Crippen molar-refractivity contribution in [2.24, 2.45) is 11.8 Å². The summed E-state index contributed by atoms with van der Waals surface area (Å²) in [6.07, 6.45) is 1.37. The smallest absolute Gasteiger partial charge is 0.316 e. The Morgan fingerprint density at radius 1 is 1.09 bits per heavy atom. The molecule has 4 rings (SSSR count). The van der Waals surface area contributed by atoms with Crippen LogP contribution < -0.4 is 20.1 Å². The fraction of sp³-hybridized carbons (Fsp3) is 0.385. The lowest BCUT2D eigenvalue weighted by Gasteiger charge is -2.33. The van der Waals surface area contributed by atoms with E-state index in [1.54, 1.807) is 7.11 Å². The van der Waals surface area contributed by atoms with Crippen molar-refractivity contribution in [1.82, 2.24) is 0 Å². The standard InChI is InChI=1S/C26H30N2O5/c1-5-13-33-25-16(9-8-12-20(25)31-3)23-22-19(27-17-10-6-7-11-18(17)28-23)14-15(2)21(24(22)29)26(30)32-4/h6-12,15,21,23,27-28H,5,13-14H2,1-4H3/t15-,21-,23+/m1/s1. The lowest BCUT2D eigenvalue weighted by Crippen LogP contribution is -2.39. The fourth-order valence-electron chi connectivity index (χ4n) is 4.65. The maximum atomic E-state index is 13.8. The van der Waals surface area contributed by atoms with E-state index in [4.69, 9.17) is 14.2 Å². The van der Waals surface area contributed by atoms with E-state index in [-0.39, 0.29) is 11.7 Å². The van der Waals surface area contributed by atoms with E-state index in [2.05, 4.69) is 10.6 Å². The Bertz CT molecular complexity index is 1090. The molecule has 0 saturated heterocycles. The largest absolute Gasteiger partial charge is 0.493 e. The van der Waals surface area contributed by atoms with E-state index < -0.39 is 17.9 Å². The van der Waals surface area contributed by atoms with Crippen LogP contribution in [0.3, 0.4) is 0 Å². The first kappa shape index (κ1) is 22.7. The summed E-state index contributed by atoms with van der Waals surface area (Å²) in [5, 5.41) is 7.00. The summed E-state index contributed by atoms with van der Waals surface area (Å²) in [5.74, 6) is -0.608. The first-order chi connectivity index (χ1) is 16.0. The molecule has 174 valence electrons. The molecule has 0 fully saturated rings. The second-order valence-corrected chi connectivity index (χ2v) is 8.41. The number of ketones is 1. The van der Waals surface area contributed by atoms with Crippen molar-refractivity contribution < 1.29 is 23.8 Å². The normalized spacial score (nSPS) is 21.7. The van der Waals surface area contributed by atoms with Crippen LogP contribution in [0, 0.1) is 11.8 Å². The van der Waals surface area contributed by atoms with Crippen LogP contribution in [-0.4, -0.2) is 32.6 Å². The first-order valence-corrected chi connectivity index (χ1v) is 11.3. The number of anilines is 2. The van der Waals surface area contributed by atoms with Gasteiger partial charge in [0.2, 0.25) is 0 Å². The number of nitrogens with one attached hydrogen (secondary N) is 2. The minimum absolute atomic E-state index is 0.191. The Kier molecular flexibility index (Phi) is 6.58. The molecule has 2 aromatic carbocycles. The number of hydrogen-bond donors (Lipinski definition) is 2. The molecule has 1 aliphatic carbocycles. The summed E-state index contributed by atoms with van der Waals surface area (Å²) in [7, 11) is 2.92. The van der Waals surface area contributed by atoms with Crippen molar-refractivity contribution in [3.05, 3.63) is 59.3 Å². The van der Waals surface area contributed by atoms with Gasteiger partial charge in [0, 0.05) is 16.8 Å². The van der Waals surface area contributed by atoms with Crippen molar-refractivity contribution in [3.8, 4) is 11.5 Å². The molecule has 1 aliphatic heterocycles. The van der Waals surface area contributed by atoms with Crippen molar-refractivity contribution in [1.29, 1.82) is 0 Å². The highest BCUT2D eigenvalue weighted by molar-refractivity contribution is 6.11. The van der Waals surface area contributed by atoms with E-state index in [1.165, 1.54) is 7.11 Å². The van der Waals surface area contributed by atoms with Crippen LogP contribution in [0.15, 0.2) is 53.7 Å². The molecular formula is C26H30N2O5. The number of methoxy groups -OCH3 is 2. The van der Waals surface area contributed by atoms with Crippen LogP contribution >= 0.6 is 0 Å². The van der Waals surface area contributed by atoms with Gasteiger partial charge in [-0.1, -0.05) is 38.1 Å². The van der Waals surface area contributed by atoms with Crippen LogP contribution in [0.1, 0.15) is 38.3 Å². The van der Waals surface area contributed by atoms with Crippen molar-refractivity contribution >= 4 is 23.1 Å². The number of fused-ring (bicyclic) bond motifs is 1. The number of hydrogen-bond acceptors (Lipinski definition) is 7. The molecule has 0 radical (unpaired) electrons. The predicted molar refractivity (Wildman–Crippen MR) is 127 cm³/mol. The third-order valence-electron chi connectivity index (χ3n) is 6.22. The van der Waals surface area contributed by atoms with E-state index in [0.717, 1.165) is 29.1 Å². The van der Waals surface area contributed by atoms with Gasteiger partial charge in [-0.2, -0.15) is 0 Å². The molecule has 33 heavy (non-hydrogen) atoms. The SMILES string of the molecule is CCCOc1c(OC)cccc1[C@@H]1Nc2ccccc2NC2=C1C(=O)[C@H](C(=O)OC)[C@H](C)C2. The summed E-state index contributed by atoms with van der Waals surface area (Å²) in [6.45, 7) is 4.45. The van der Waals surface area contributed by atoms with Crippen LogP contribution in [0.5, 0.6) is 11.5 Å². The number of ether oxygens (including phenoxy) is 3. The average Bonchev–Trinajstić information content (AvgIpc) is 2.98. The topological polar surface area (TPSA) is 85.9 Å². The molecule has 2 aromatic rings. The van der Waals surface area contributed by atoms with Gasteiger partial charge in [-0.15, -0.1) is 0 Å². The number of carbonyl (C=O) groups excluding carboxylic acids is 2. The van der Waals surface area contributed by atoms with Crippen LogP contribution in [0.25, 0.3) is 0 Å². The second kappa shape index (κ2) is 9.57. The number of para-hydroxylation sites is 3. The molecule has 7 heteroatoms. The highest BCUT2D eigenvalue weighted by atomic mass is 16.5. The number of Topliss-reactive ketones (excluding diaryl/α,β-unsaturated/α-hetero) is 1. The Labute approximate surface area is 194 Å². The number of esters is 1. The maximum Gasteiger partial charge on any atom is 0.316 e. The van der Waals surface area contributed by atoms with Gasteiger partial charge < -0.3 is 24.8 Å². The highest BCUT2D eigenvalue weighted by Crippen LogP contribution is 2.47. The monoisotopic (exact) mass is 450 g/mol. The molecule has 0 bridgehead atoms. The Hall–Kier alpha value is -3.48. The molecule has 0 spiro atoms. The van der Waals surface area contributed by atoms with Gasteiger partial charge in [-0.05, 0) is 37.0 Å². The van der Waals surface area contributed by atoms with Gasteiger partial charge >= 0.3 is 5.97 Å². The molecule has 0 saturated carbocycles. The number of benzene rings is 2. The third-order valence-corrected chi connectivity index (χ3v) is 6.22. The minimum Gasteiger partial charge on any atom is -0.493 e. The molecule has 0 aromatic heterocycles. The quantitative estimate of drug-likeness (QED) is 0.487. The van der Waals surface area contributed by atoms with Crippen LogP contribution in [0.2, 0.25) is 0 Å². The van der Waals surface area contributed by atoms with Crippen LogP contribution in [-0.2, 0) is 14.3 Å². The zero-order valence-corrected chi connectivity index (χ0v) is 19.4. The zero-order valence-electron chi connectivity index (χ0n) is 19.4. The molecule has 7 nitrogen and oxygen atoms in total. The minimum atomic E-state index is -0.855. The fourth-order valence-corrected chi connectivity index (χ4v) is 4.65. The Morgan fingerprint density at radius 2 is 1.85 bits per heavy atom. The van der Waals surface area contributed by atoms with Gasteiger partial charge in [0.25, 0.3) is 0 Å². The molecule has 2 N–H and O–H groups in total.